The quantitative estimate of drug-likeness (QED) is 0.864. The summed E-state index contributed by atoms with van der Waals surface area (Å²) in [7, 11) is -0.542. The van der Waals surface area contributed by atoms with Crippen LogP contribution in [0.25, 0.3) is 0 Å². The summed E-state index contributed by atoms with van der Waals surface area (Å²) < 4.78 is 11.2. The number of rotatable bonds is 4. The van der Waals surface area contributed by atoms with Crippen LogP contribution in [0.1, 0.15) is 18.4 Å². The van der Waals surface area contributed by atoms with Crippen molar-refractivity contribution in [1.82, 2.24) is 5.32 Å². The molecule has 0 saturated carbocycles. The summed E-state index contributed by atoms with van der Waals surface area (Å²) in [4.78, 5) is 0. The molecule has 1 N–H and O–H groups in total. The van der Waals surface area contributed by atoms with E-state index in [1.165, 1.54) is 5.56 Å². The minimum absolute atomic E-state index is 0.542. The molecule has 1 aromatic rings. The number of nitrogens with one attached hydrogen (secondary N) is 1. The van der Waals surface area contributed by atoms with E-state index in [4.69, 9.17) is 0 Å². The van der Waals surface area contributed by atoms with Crippen LogP contribution < -0.4 is 5.32 Å². The molecule has 2 nitrogen and oxygen atoms in total. The third-order valence-corrected chi connectivity index (χ3v) is 4.46. The van der Waals surface area contributed by atoms with E-state index >= 15 is 0 Å². The molecule has 0 atom stereocenters. The van der Waals surface area contributed by atoms with Crippen molar-refractivity contribution in [3.8, 4) is 0 Å². The van der Waals surface area contributed by atoms with E-state index in [1.54, 1.807) is 0 Å². The lowest BCUT2D eigenvalue weighted by Gasteiger charge is -2.22. The molecule has 1 saturated heterocycles. The molecule has 1 aliphatic heterocycles. The molecule has 1 aromatic carbocycles. The molecule has 0 radical (unpaired) electrons. The third kappa shape index (κ3) is 3.72. The molecule has 0 unspecified atom stereocenters. The van der Waals surface area contributed by atoms with Gasteiger partial charge in [-0.15, -0.1) is 0 Å². The van der Waals surface area contributed by atoms with Crippen LogP contribution in [-0.2, 0) is 17.2 Å². The molecule has 2 rings (SSSR count). The highest BCUT2D eigenvalue weighted by molar-refractivity contribution is 7.85. The van der Waals surface area contributed by atoms with Gasteiger partial charge in [-0.25, -0.2) is 0 Å². The Kier molecular flexibility index (Phi) is 4.55. The fraction of sp³-hybridized carbons (Fsp3) is 0.538. The Balaban J connectivity index is 1.67. The van der Waals surface area contributed by atoms with Gasteiger partial charge >= 0.3 is 0 Å². The minimum atomic E-state index is -0.542. The molecule has 1 heterocycles. The zero-order valence-electron chi connectivity index (χ0n) is 9.52. The summed E-state index contributed by atoms with van der Waals surface area (Å²) in [5.74, 6) is 1.76. The Bertz CT molecular complexity index is 329. The van der Waals surface area contributed by atoms with E-state index in [2.05, 4.69) is 29.6 Å². The van der Waals surface area contributed by atoms with Gasteiger partial charge in [0, 0.05) is 28.3 Å². The smallest absolute Gasteiger partial charge is 0.0249 e. The molecule has 0 spiro atoms. The maximum Gasteiger partial charge on any atom is 0.0249 e. The van der Waals surface area contributed by atoms with Gasteiger partial charge in [-0.3, -0.25) is 4.21 Å². The summed E-state index contributed by atoms with van der Waals surface area (Å²) in [6.45, 7) is 1.03. The molecule has 16 heavy (non-hydrogen) atoms. The lowest BCUT2D eigenvalue weighted by Crippen LogP contribution is -2.36. The van der Waals surface area contributed by atoms with Crippen molar-refractivity contribution in [2.75, 3.05) is 18.1 Å². The van der Waals surface area contributed by atoms with Crippen LogP contribution >= 0.6 is 0 Å². The first-order valence-corrected chi connectivity index (χ1v) is 7.46. The van der Waals surface area contributed by atoms with Crippen molar-refractivity contribution in [2.45, 2.75) is 25.3 Å². The lowest BCUT2D eigenvalue weighted by molar-refractivity contribution is 0.479. The van der Waals surface area contributed by atoms with Gasteiger partial charge in [0.2, 0.25) is 0 Å². The van der Waals surface area contributed by atoms with Crippen molar-refractivity contribution in [2.24, 2.45) is 0 Å². The van der Waals surface area contributed by atoms with Crippen LogP contribution in [0.5, 0.6) is 0 Å². The second-order valence-electron chi connectivity index (χ2n) is 4.31. The van der Waals surface area contributed by atoms with E-state index in [0.717, 1.165) is 37.3 Å². The van der Waals surface area contributed by atoms with E-state index < -0.39 is 10.8 Å². The highest BCUT2D eigenvalue weighted by atomic mass is 32.2. The van der Waals surface area contributed by atoms with Gasteiger partial charge in [0.15, 0.2) is 0 Å². The van der Waals surface area contributed by atoms with Gasteiger partial charge in [0.25, 0.3) is 0 Å². The van der Waals surface area contributed by atoms with Crippen molar-refractivity contribution in [3.05, 3.63) is 35.9 Å². The first-order valence-electron chi connectivity index (χ1n) is 5.97. The molecule has 88 valence electrons. The standard InChI is InChI=1S/C13H19NOS/c15-16-10-7-13(8-11-16)14-9-6-12-4-2-1-3-5-12/h1-5,13-14H,6-11H2. The van der Waals surface area contributed by atoms with Crippen molar-refractivity contribution >= 4 is 10.8 Å². The van der Waals surface area contributed by atoms with E-state index in [-0.39, 0.29) is 0 Å². The number of hydrogen-bond donors (Lipinski definition) is 1. The molecule has 0 aliphatic carbocycles. The highest BCUT2D eigenvalue weighted by Crippen LogP contribution is 2.09. The number of benzene rings is 1. The normalized spacial score (nSPS) is 25.5. The van der Waals surface area contributed by atoms with Crippen LogP contribution in [0.4, 0.5) is 0 Å². The van der Waals surface area contributed by atoms with Gasteiger partial charge in [-0.05, 0) is 31.4 Å². The Morgan fingerprint density at radius 1 is 1.19 bits per heavy atom. The average molecular weight is 237 g/mol. The average Bonchev–Trinajstić information content (AvgIpc) is 2.33. The predicted molar refractivity (Wildman–Crippen MR) is 69.0 cm³/mol. The first kappa shape index (κ1) is 11.8. The number of hydrogen-bond acceptors (Lipinski definition) is 2. The van der Waals surface area contributed by atoms with Crippen molar-refractivity contribution < 1.29 is 4.21 Å². The first-order chi connectivity index (χ1) is 7.84. The summed E-state index contributed by atoms with van der Waals surface area (Å²) in [5, 5.41) is 3.56. The van der Waals surface area contributed by atoms with Crippen LogP contribution in [0.15, 0.2) is 30.3 Å². The summed E-state index contributed by atoms with van der Waals surface area (Å²) in [5.41, 5.74) is 1.38. The van der Waals surface area contributed by atoms with Crippen LogP contribution in [0, 0.1) is 0 Å². The molecule has 3 heteroatoms. The molecule has 0 aromatic heterocycles. The third-order valence-electron chi connectivity index (χ3n) is 3.08. The topological polar surface area (TPSA) is 29.1 Å². The Morgan fingerprint density at radius 3 is 2.56 bits per heavy atom. The monoisotopic (exact) mass is 237 g/mol. The molecular weight excluding hydrogens is 218 g/mol. The van der Waals surface area contributed by atoms with Crippen molar-refractivity contribution in [1.29, 1.82) is 0 Å². The Labute approximate surface area is 99.9 Å². The van der Waals surface area contributed by atoms with E-state index in [1.807, 2.05) is 6.07 Å². The van der Waals surface area contributed by atoms with Gasteiger partial charge in [-0.2, -0.15) is 0 Å². The Morgan fingerprint density at radius 2 is 1.88 bits per heavy atom. The van der Waals surface area contributed by atoms with Gasteiger partial charge in [0.05, 0.1) is 0 Å². The molecular formula is C13H19NOS. The van der Waals surface area contributed by atoms with Gasteiger partial charge in [-0.1, -0.05) is 30.3 Å². The van der Waals surface area contributed by atoms with Gasteiger partial charge < -0.3 is 5.32 Å². The van der Waals surface area contributed by atoms with Crippen LogP contribution in [0.2, 0.25) is 0 Å². The maximum absolute atomic E-state index is 11.2. The largest absolute Gasteiger partial charge is 0.314 e. The Hall–Kier alpha value is -0.670. The molecule has 1 fully saturated rings. The highest BCUT2D eigenvalue weighted by Gasteiger charge is 2.16. The summed E-state index contributed by atoms with van der Waals surface area (Å²) in [6.07, 6.45) is 3.23. The summed E-state index contributed by atoms with van der Waals surface area (Å²) in [6, 6.07) is 11.1. The van der Waals surface area contributed by atoms with E-state index in [0.29, 0.717) is 6.04 Å². The fourth-order valence-electron chi connectivity index (χ4n) is 2.06. The minimum Gasteiger partial charge on any atom is -0.314 e. The zero-order valence-corrected chi connectivity index (χ0v) is 10.3. The maximum atomic E-state index is 11.2. The van der Waals surface area contributed by atoms with Gasteiger partial charge in [0.1, 0.15) is 0 Å². The van der Waals surface area contributed by atoms with Crippen molar-refractivity contribution in [3.63, 3.8) is 0 Å². The van der Waals surface area contributed by atoms with E-state index in [9.17, 15) is 4.21 Å². The summed E-state index contributed by atoms with van der Waals surface area (Å²) >= 11 is 0. The second kappa shape index (κ2) is 6.16. The lowest BCUT2D eigenvalue weighted by atomic mass is 10.1. The SMILES string of the molecule is O=S1CCC(NCCc2ccccc2)CC1. The second-order valence-corrected chi connectivity index (χ2v) is 6.01. The fourth-order valence-corrected chi connectivity index (χ4v) is 3.36. The van der Waals surface area contributed by atoms with Crippen LogP contribution in [0.3, 0.4) is 0 Å². The molecule has 0 bridgehead atoms. The molecule has 1 aliphatic rings. The zero-order chi connectivity index (χ0) is 11.2. The molecule has 0 amide bonds. The van der Waals surface area contributed by atoms with Crippen LogP contribution in [-0.4, -0.2) is 28.3 Å². The predicted octanol–water partition coefficient (Wildman–Crippen LogP) is 1.73.